The van der Waals surface area contributed by atoms with E-state index in [2.05, 4.69) is 10.4 Å². The Morgan fingerprint density at radius 3 is 2.16 bits per heavy atom. The maximum Gasteiger partial charge on any atom is 0.321 e. The minimum absolute atomic E-state index is 0.0151. The molecule has 4 rings (SSSR count). The van der Waals surface area contributed by atoms with Crippen LogP contribution in [0.15, 0.2) is 54.6 Å². The molecular weight excluding hydrogens is 390 g/mol. The van der Waals surface area contributed by atoms with E-state index >= 15 is 0 Å². The fourth-order valence-electron chi connectivity index (χ4n) is 3.86. The van der Waals surface area contributed by atoms with E-state index in [-0.39, 0.29) is 11.9 Å². The molecule has 0 atom stereocenters. The first-order chi connectivity index (χ1) is 14.9. The lowest BCUT2D eigenvalue weighted by atomic mass is 10.1. The number of carbonyl (C=O) groups excluding carboxylic acids is 2. The van der Waals surface area contributed by atoms with Gasteiger partial charge in [-0.3, -0.25) is 4.79 Å². The number of piperazine rings is 1. The molecule has 3 aromatic rings. The van der Waals surface area contributed by atoms with Gasteiger partial charge < -0.3 is 15.1 Å². The molecule has 0 bridgehead atoms. The average molecular weight is 418 g/mol. The third kappa shape index (κ3) is 4.60. The van der Waals surface area contributed by atoms with Crippen LogP contribution in [-0.2, 0) is 0 Å². The first-order valence-electron chi connectivity index (χ1n) is 10.5. The molecule has 1 aliphatic heterocycles. The third-order valence-electron chi connectivity index (χ3n) is 5.49. The van der Waals surface area contributed by atoms with Gasteiger partial charge in [-0.2, -0.15) is 5.10 Å². The van der Waals surface area contributed by atoms with Gasteiger partial charge in [0.2, 0.25) is 0 Å². The molecule has 31 heavy (non-hydrogen) atoms. The monoisotopic (exact) mass is 417 g/mol. The van der Waals surface area contributed by atoms with Crippen molar-refractivity contribution in [1.29, 1.82) is 0 Å². The summed E-state index contributed by atoms with van der Waals surface area (Å²) >= 11 is 0. The van der Waals surface area contributed by atoms with Crippen molar-refractivity contribution in [2.24, 2.45) is 0 Å². The zero-order chi connectivity index (χ0) is 22.0. The van der Waals surface area contributed by atoms with Crippen LogP contribution in [0.3, 0.4) is 0 Å². The van der Waals surface area contributed by atoms with E-state index in [1.165, 1.54) is 0 Å². The fraction of sp³-hybridized carbons (Fsp3) is 0.292. The van der Waals surface area contributed by atoms with Crippen molar-refractivity contribution in [2.45, 2.75) is 20.8 Å². The lowest BCUT2D eigenvalue weighted by molar-refractivity contribution is 0.0671. The van der Waals surface area contributed by atoms with Gasteiger partial charge in [-0.1, -0.05) is 12.1 Å². The number of hydrogen-bond donors (Lipinski definition) is 1. The fourth-order valence-corrected chi connectivity index (χ4v) is 3.86. The van der Waals surface area contributed by atoms with Crippen molar-refractivity contribution in [3.8, 4) is 5.69 Å². The van der Waals surface area contributed by atoms with E-state index in [0.717, 1.165) is 28.3 Å². The quantitative estimate of drug-likeness (QED) is 0.705. The molecule has 7 heteroatoms. The van der Waals surface area contributed by atoms with Crippen LogP contribution >= 0.6 is 0 Å². The topological polar surface area (TPSA) is 70.5 Å². The smallest absolute Gasteiger partial charge is 0.321 e. The van der Waals surface area contributed by atoms with Crippen LogP contribution in [0.4, 0.5) is 10.5 Å². The van der Waals surface area contributed by atoms with Gasteiger partial charge in [0.1, 0.15) is 0 Å². The Hall–Kier alpha value is -3.61. The molecule has 1 aliphatic rings. The van der Waals surface area contributed by atoms with Crippen molar-refractivity contribution < 1.29 is 9.59 Å². The van der Waals surface area contributed by atoms with Crippen molar-refractivity contribution in [1.82, 2.24) is 19.6 Å². The van der Waals surface area contributed by atoms with Gasteiger partial charge in [-0.15, -0.1) is 0 Å². The summed E-state index contributed by atoms with van der Waals surface area (Å²) in [6, 6.07) is 17.1. The summed E-state index contributed by atoms with van der Waals surface area (Å²) in [4.78, 5) is 29.0. The highest BCUT2D eigenvalue weighted by molar-refractivity contribution is 5.95. The molecule has 2 aromatic carbocycles. The van der Waals surface area contributed by atoms with E-state index in [1.54, 1.807) is 9.80 Å². The molecule has 0 unspecified atom stereocenters. The standard InChI is InChI=1S/C24H27N5O2/c1-17-5-4-6-21(15-17)25-24(31)28-13-11-27(12-14-28)23(30)20-7-9-22(10-8-20)29-19(3)16-18(2)26-29/h4-10,15-16H,11-14H2,1-3H3,(H,25,31). The second kappa shape index (κ2) is 8.63. The van der Waals surface area contributed by atoms with Gasteiger partial charge in [0.15, 0.2) is 0 Å². The van der Waals surface area contributed by atoms with Crippen LogP contribution in [0.1, 0.15) is 27.3 Å². The second-order valence-electron chi connectivity index (χ2n) is 7.96. The van der Waals surface area contributed by atoms with Crippen LogP contribution < -0.4 is 5.32 Å². The molecule has 0 spiro atoms. The molecule has 160 valence electrons. The molecule has 0 saturated carbocycles. The number of nitrogens with zero attached hydrogens (tertiary/aromatic N) is 4. The number of rotatable bonds is 3. The summed E-state index contributed by atoms with van der Waals surface area (Å²) in [5, 5.41) is 7.41. The number of anilines is 1. The number of benzene rings is 2. The zero-order valence-corrected chi connectivity index (χ0v) is 18.1. The number of amides is 3. The molecule has 3 amide bonds. The van der Waals surface area contributed by atoms with Crippen molar-refractivity contribution in [2.75, 3.05) is 31.5 Å². The number of nitrogens with one attached hydrogen (secondary N) is 1. The van der Waals surface area contributed by atoms with Crippen molar-refractivity contribution in [3.05, 3.63) is 77.1 Å². The molecular formula is C24H27N5O2. The van der Waals surface area contributed by atoms with Crippen LogP contribution in [0.2, 0.25) is 0 Å². The summed E-state index contributed by atoms with van der Waals surface area (Å²) < 4.78 is 1.87. The Labute approximate surface area is 182 Å². The summed E-state index contributed by atoms with van der Waals surface area (Å²) in [7, 11) is 0. The molecule has 1 N–H and O–H groups in total. The van der Waals surface area contributed by atoms with E-state index < -0.39 is 0 Å². The lowest BCUT2D eigenvalue weighted by Crippen LogP contribution is -2.51. The maximum atomic E-state index is 12.9. The van der Waals surface area contributed by atoms with E-state index in [1.807, 2.05) is 80.1 Å². The predicted octanol–water partition coefficient (Wildman–Crippen LogP) is 3.79. The molecule has 0 aliphatic carbocycles. The Morgan fingerprint density at radius 1 is 0.871 bits per heavy atom. The zero-order valence-electron chi connectivity index (χ0n) is 18.1. The van der Waals surface area contributed by atoms with Gasteiger partial charge in [-0.25, -0.2) is 9.48 Å². The van der Waals surface area contributed by atoms with Crippen molar-refractivity contribution in [3.63, 3.8) is 0 Å². The van der Waals surface area contributed by atoms with Crippen molar-refractivity contribution >= 4 is 17.6 Å². The summed E-state index contributed by atoms with van der Waals surface area (Å²) in [6.07, 6.45) is 0. The molecule has 2 heterocycles. The van der Waals surface area contributed by atoms with Gasteiger partial charge >= 0.3 is 6.03 Å². The van der Waals surface area contributed by atoms with Crippen LogP contribution in [0.5, 0.6) is 0 Å². The van der Waals surface area contributed by atoms with Gasteiger partial charge in [0, 0.05) is 43.1 Å². The lowest BCUT2D eigenvalue weighted by Gasteiger charge is -2.34. The molecule has 1 saturated heterocycles. The number of carbonyl (C=O) groups is 2. The van der Waals surface area contributed by atoms with E-state index in [9.17, 15) is 9.59 Å². The average Bonchev–Trinajstić information content (AvgIpc) is 3.11. The minimum Gasteiger partial charge on any atom is -0.335 e. The Balaban J connectivity index is 1.34. The number of aromatic nitrogens is 2. The normalized spacial score (nSPS) is 13.9. The van der Waals surface area contributed by atoms with E-state index in [0.29, 0.717) is 31.7 Å². The summed E-state index contributed by atoms with van der Waals surface area (Å²) in [6.45, 7) is 8.00. The van der Waals surface area contributed by atoms with Gasteiger partial charge in [0.25, 0.3) is 5.91 Å². The maximum absolute atomic E-state index is 12.9. The van der Waals surface area contributed by atoms with Crippen LogP contribution in [-0.4, -0.2) is 57.7 Å². The highest BCUT2D eigenvalue weighted by Crippen LogP contribution is 2.16. The Morgan fingerprint density at radius 2 is 1.55 bits per heavy atom. The van der Waals surface area contributed by atoms with Crippen LogP contribution in [0, 0.1) is 20.8 Å². The van der Waals surface area contributed by atoms with E-state index in [4.69, 9.17) is 0 Å². The van der Waals surface area contributed by atoms with Crippen LogP contribution in [0.25, 0.3) is 5.69 Å². The number of aryl methyl sites for hydroxylation is 3. The Bertz CT molecular complexity index is 1100. The highest BCUT2D eigenvalue weighted by Gasteiger charge is 2.25. The minimum atomic E-state index is -0.132. The highest BCUT2D eigenvalue weighted by atomic mass is 16.2. The van der Waals surface area contributed by atoms with Gasteiger partial charge in [0.05, 0.1) is 11.4 Å². The first-order valence-corrected chi connectivity index (χ1v) is 10.5. The second-order valence-corrected chi connectivity index (χ2v) is 7.96. The molecule has 1 aromatic heterocycles. The molecule has 0 radical (unpaired) electrons. The number of hydrogen-bond acceptors (Lipinski definition) is 3. The first kappa shape index (κ1) is 20.7. The summed E-state index contributed by atoms with van der Waals surface area (Å²) in [5.41, 5.74) is 5.46. The SMILES string of the molecule is Cc1cccc(NC(=O)N2CCN(C(=O)c3ccc(-n4nc(C)cc4C)cc3)CC2)c1. The molecule has 1 fully saturated rings. The number of urea groups is 1. The van der Waals surface area contributed by atoms with Gasteiger partial charge in [-0.05, 0) is 68.8 Å². The predicted molar refractivity (Wildman–Crippen MR) is 121 cm³/mol. The Kier molecular flexibility index (Phi) is 5.75. The summed E-state index contributed by atoms with van der Waals surface area (Å²) in [5.74, 6) is -0.0151. The molecule has 7 nitrogen and oxygen atoms in total. The third-order valence-corrected chi connectivity index (χ3v) is 5.49. The largest absolute Gasteiger partial charge is 0.335 e.